The molecule has 0 aliphatic rings. The summed E-state index contributed by atoms with van der Waals surface area (Å²) >= 11 is 3.00. The molecule has 0 N–H and O–H groups in total. The lowest BCUT2D eigenvalue weighted by atomic mass is 10.1. The first-order valence-electron chi connectivity index (χ1n) is 3.57. The fourth-order valence-electron chi connectivity index (χ4n) is 0.965. The van der Waals surface area contributed by atoms with Crippen LogP contribution in [0, 0.1) is 6.92 Å². The van der Waals surface area contributed by atoms with Gasteiger partial charge in [0.15, 0.2) is 0 Å². The van der Waals surface area contributed by atoms with Crippen LogP contribution in [0.25, 0.3) is 0 Å². The van der Waals surface area contributed by atoms with Gasteiger partial charge >= 0.3 is 0 Å². The largest absolute Gasteiger partial charge is 0.282 e. The molecule has 1 rings (SSSR count). The molecule has 0 fully saturated rings. The Hall–Kier alpha value is 0.300. The van der Waals surface area contributed by atoms with Gasteiger partial charge in [-0.05, 0) is 24.6 Å². The van der Waals surface area contributed by atoms with Crippen molar-refractivity contribution in [2.45, 2.75) is 11.8 Å². The predicted molar refractivity (Wildman–Crippen MR) is 70.7 cm³/mol. The molecule has 0 bridgehead atoms. The summed E-state index contributed by atoms with van der Waals surface area (Å²) < 4.78 is 22.2. The van der Waals surface area contributed by atoms with Crippen molar-refractivity contribution in [3.05, 3.63) is 29.3 Å². The summed E-state index contributed by atoms with van der Waals surface area (Å²) in [5.41, 5.74) is 1.23. The first kappa shape index (κ1) is 12.4. The Balaban J connectivity index is 3.42. The fraction of sp³-hybridized carbons (Fsp3) is 0.125. The molecule has 76 valence electrons. The fourth-order valence-corrected chi connectivity index (χ4v) is 2.86. The van der Waals surface area contributed by atoms with Gasteiger partial charge in [0, 0.05) is 28.2 Å². The minimum absolute atomic E-state index is 0.151. The summed E-state index contributed by atoms with van der Waals surface area (Å²) in [7, 11) is -3.26. The molecule has 0 atom stereocenters. The third-order valence-electron chi connectivity index (χ3n) is 1.70. The normalized spacial score (nSPS) is 11.4. The number of carbonyl (C=O) groups is 1. The highest BCUT2D eigenvalue weighted by Gasteiger charge is 2.13. The van der Waals surface area contributed by atoms with E-state index < -0.39 is 7.01 Å². The van der Waals surface area contributed by atoms with Crippen molar-refractivity contribution in [3.63, 3.8) is 0 Å². The van der Waals surface area contributed by atoms with Crippen LogP contribution >= 0.6 is 43.8 Å². The molecule has 0 aliphatic heterocycles. The molecule has 1 aromatic carbocycles. The van der Waals surface area contributed by atoms with Crippen LogP contribution in [0.2, 0.25) is 0 Å². The maximum Gasteiger partial charge on any atom is 0.231 e. The second-order valence-electron chi connectivity index (χ2n) is 2.69. The van der Waals surface area contributed by atoms with Crippen molar-refractivity contribution in [1.82, 2.24) is 0 Å². The van der Waals surface area contributed by atoms with E-state index in [9.17, 15) is 13.2 Å². The van der Waals surface area contributed by atoms with Crippen molar-refractivity contribution in [1.29, 1.82) is 0 Å². The number of aryl methyl sites for hydroxylation is 1. The molecular formula is C8H6I2O3S. The number of benzene rings is 1. The molecular weight excluding hydrogens is 430 g/mol. The van der Waals surface area contributed by atoms with Crippen LogP contribution in [0.5, 0.6) is 0 Å². The second-order valence-corrected chi connectivity index (χ2v) is 8.49. The van der Waals surface area contributed by atoms with E-state index >= 15 is 0 Å². The molecule has 1 aromatic rings. The zero-order valence-electron chi connectivity index (χ0n) is 7.12. The summed E-state index contributed by atoms with van der Waals surface area (Å²) in [4.78, 5) is 11.3. The van der Waals surface area contributed by atoms with Gasteiger partial charge in [-0.2, -0.15) is 0 Å². The summed E-state index contributed by atoms with van der Waals surface area (Å²) in [6, 6.07) is 4.55. The summed E-state index contributed by atoms with van der Waals surface area (Å²) in [6.45, 7) is 1.77. The quantitative estimate of drug-likeness (QED) is 0.530. The van der Waals surface area contributed by atoms with E-state index in [4.69, 9.17) is 0 Å². The van der Waals surface area contributed by atoms with Gasteiger partial charge in [-0.25, -0.2) is 8.42 Å². The summed E-state index contributed by atoms with van der Waals surface area (Å²) in [6.07, 6.45) is 0. The van der Waals surface area contributed by atoms with Crippen molar-refractivity contribution in [2.24, 2.45) is 0 Å². The Kier molecular flexibility index (Phi) is 3.92. The average Bonchev–Trinajstić information content (AvgIpc) is 2.02. The van der Waals surface area contributed by atoms with E-state index in [-0.39, 0.29) is 8.69 Å². The van der Waals surface area contributed by atoms with Crippen molar-refractivity contribution >= 4 is 54.6 Å². The van der Waals surface area contributed by atoms with Gasteiger partial charge in [0.2, 0.25) is 10.8 Å². The molecule has 0 unspecified atom stereocenters. The van der Waals surface area contributed by atoms with Crippen molar-refractivity contribution < 1.29 is 13.2 Å². The number of hydrogen-bond donors (Lipinski definition) is 0. The highest BCUT2D eigenvalue weighted by atomic mass is 127. The van der Waals surface area contributed by atoms with Gasteiger partial charge in [0.05, 0.1) is 26.1 Å². The molecule has 0 aromatic heterocycles. The second kappa shape index (κ2) is 4.44. The minimum Gasteiger partial charge on any atom is -0.282 e. The lowest BCUT2D eigenvalue weighted by molar-refractivity contribution is 0.110. The number of rotatable bonds is 2. The molecule has 0 amide bonds. The SMILES string of the molecule is Cc1ccc(S(=O)(=O)I)cc1C(=O)I. The molecule has 0 heterocycles. The Morgan fingerprint density at radius 3 is 2.36 bits per heavy atom. The molecule has 0 saturated carbocycles. The molecule has 0 spiro atoms. The number of hydrogen-bond acceptors (Lipinski definition) is 3. The third-order valence-corrected chi connectivity index (χ3v) is 4.63. The van der Waals surface area contributed by atoms with Gasteiger partial charge in [0.1, 0.15) is 0 Å². The van der Waals surface area contributed by atoms with Crippen LogP contribution in [0.4, 0.5) is 0 Å². The molecule has 0 aliphatic carbocycles. The molecule has 0 saturated heterocycles. The van der Waals surface area contributed by atoms with Gasteiger partial charge < -0.3 is 0 Å². The van der Waals surface area contributed by atoms with E-state index in [2.05, 4.69) is 0 Å². The molecule has 0 radical (unpaired) electrons. The zero-order chi connectivity index (χ0) is 10.9. The first-order chi connectivity index (χ1) is 6.32. The van der Waals surface area contributed by atoms with E-state index in [1.165, 1.54) is 33.3 Å². The number of halogens is 2. The molecule has 14 heavy (non-hydrogen) atoms. The van der Waals surface area contributed by atoms with Crippen LogP contribution in [-0.2, 0) is 7.01 Å². The number of carbonyl (C=O) groups excluding carboxylic acids is 1. The highest BCUT2D eigenvalue weighted by molar-refractivity contribution is 14.2. The van der Waals surface area contributed by atoms with Crippen LogP contribution in [0.15, 0.2) is 23.1 Å². The molecule has 6 heteroatoms. The lowest BCUT2D eigenvalue weighted by Crippen LogP contribution is -1.97. The van der Waals surface area contributed by atoms with Gasteiger partial charge in [-0.3, -0.25) is 4.79 Å². The Morgan fingerprint density at radius 1 is 1.36 bits per heavy atom. The minimum atomic E-state index is -3.26. The summed E-state index contributed by atoms with van der Waals surface area (Å²) in [5, 5.41) is 0. The maximum atomic E-state index is 11.2. The van der Waals surface area contributed by atoms with Gasteiger partial charge in [0.25, 0.3) is 0 Å². The van der Waals surface area contributed by atoms with Gasteiger partial charge in [-0.1, -0.05) is 6.07 Å². The van der Waals surface area contributed by atoms with E-state index in [0.29, 0.717) is 5.56 Å². The van der Waals surface area contributed by atoms with Gasteiger partial charge in [-0.15, -0.1) is 0 Å². The first-order valence-corrected chi connectivity index (χ1v) is 8.68. The van der Waals surface area contributed by atoms with Crippen molar-refractivity contribution in [2.75, 3.05) is 0 Å². The maximum absolute atomic E-state index is 11.2. The van der Waals surface area contributed by atoms with E-state index in [1.807, 2.05) is 0 Å². The Bertz CT molecular complexity index is 479. The monoisotopic (exact) mass is 436 g/mol. The smallest absolute Gasteiger partial charge is 0.231 e. The van der Waals surface area contributed by atoms with Crippen LogP contribution < -0.4 is 0 Å². The zero-order valence-corrected chi connectivity index (χ0v) is 12.3. The van der Waals surface area contributed by atoms with Crippen molar-refractivity contribution in [3.8, 4) is 0 Å². The van der Waals surface area contributed by atoms with Crippen LogP contribution in [0.3, 0.4) is 0 Å². The highest BCUT2D eigenvalue weighted by Crippen LogP contribution is 2.22. The molecule has 3 nitrogen and oxygen atoms in total. The topological polar surface area (TPSA) is 51.2 Å². The standard InChI is InChI=1S/C8H6I2O3S/c1-5-2-3-6(14(10,12)13)4-7(5)8(9)11/h2-4H,1H3. The van der Waals surface area contributed by atoms with E-state index in [1.54, 1.807) is 35.6 Å². The predicted octanol–water partition coefficient (Wildman–Crippen LogP) is 2.69. The van der Waals surface area contributed by atoms with Crippen LogP contribution in [-0.4, -0.2) is 12.2 Å². The average molecular weight is 436 g/mol. The Morgan fingerprint density at radius 2 is 1.93 bits per heavy atom. The van der Waals surface area contributed by atoms with E-state index in [0.717, 1.165) is 5.56 Å². The Labute approximate surface area is 108 Å². The third kappa shape index (κ3) is 2.89. The summed E-state index contributed by atoms with van der Waals surface area (Å²) in [5.74, 6) is 0. The van der Waals surface area contributed by atoms with Crippen LogP contribution in [0.1, 0.15) is 15.9 Å². The lowest BCUT2D eigenvalue weighted by Gasteiger charge is -2.02.